The molecule has 4 rings (SSSR count). The first kappa shape index (κ1) is 23.0. The van der Waals surface area contributed by atoms with E-state index in [0.29, 0.717) is 0 Å². The first-order chi connectivity index (χ1) is 15.8. The molecular weight excluding hydrogens is 414 g/mol. The molecule has 1 atom stereocenters. The van der Waals surface area contributed by atoms with Crippen LogP contribution in [0.3, 0.4) is 0 Å². The van der Waals surface area contributed by atoms with Gasteiger partial charge in [-0.1, -0.05) is 12.1 Å². The van der Waals surface area contributed by atoms with E-state index in [9.17, 15) is 0 Å². The number of anilines is 2. The average molecular weight is 450 g/mol. The highest BCUT2D eigenvalue weighted by Gasteiger charge is 2.33. The molecule has 1 aliphatic rings. The predicted molar refractivity (Wildman–Crippen MR) is 132 cm³/mol. The summed E-state index contributed by atoms with van der Waals surface area (Å²) in [6.07, 6.45) is 0. The van der Waals surface area contributed by atoms with Crippen LogP contribution in [0.4, 0.5) is 11.4 Å². The third-order valence-electron chi connectivity index (χ3n) is 6.22. The van der Waals surface area contributed by atoms with Gasteiger partial charge in [-0.25, -0.2) is 4.68 Å². The molecule has 1 fully saturated rings. The van der Waals surface area contributed by atoms with Crippen LogP contribution in [-0.4, -0.2) is 72.5 Å². The maximum absolute atomic E-state index is 5.31. The lowest BCUT2D eigenvalue weighted by Crippen LogP contribution is -2.48. The molecule has 33 heavy (non-hydrogen) atoms. The van der Waals surface area contributed by atoms with Gasteiger partial charge in [-0.3, -0.25) is 4.90 Å². The van der Waals surface area contributed by atoms with E-state index in [1.807, 2.05) is 16.8 Å². The fourth-order valence-electron chi connectivity index (χ4n) is 4.35. The van der Waals surface area contributed by atoms with Gasteiger partial charge in [0.25, 0.3) is 0 Å². The Bertz CT molecular complexity index is 1030. The molecule has 0 unspecified atom stereocenters. The number of benzene rings is 2. The van der Waals surface area contributed by atoms with Crippen LogP contribution in [0.5, 0.6) is 5.75 Å². The summed E-state index contributed by atoms with van der Waals surface area (Å²) < 4.78 is 7.27. The van der Waals surface area contributed by atoms with E-state index < -0.39 is 0 Å². The predicted octanol–water partition coefficient (Wildman–Crippen LogP) is 3.41. The molecule has 0 saturated carbocycles. The standard InChI is InChI=1S/C25H35N7O/c1-25(2,3)32-24(26-27-28-32)23(19-7-9-20(10-8-19)29(4)5)31-17-15-30(16-18-31)21-11-13-22(33-6)14-12-21/h7-14,23H,15-18H2,1-6H3/t23-/m0/s1. The van der Waals surface area contributed by atoms with Crippen LogP contribution in [0.1, 0.15) is 38.2 Å². The van der Waals surface area contributed by atoms with Crippen LogP contribution in [0.15, 0.2) is 48.5 Å². The second kappa shape index (κ2) is 9.39. The molecule has 2 aromatic carbocycles. The van der Waals surface area contributed by atoms with Crippen molar-refractivity contribution in [2.24, 2.45) is 0 Å². The molecule has 8 heteroatoms. The maximum Gasteiger partial charge on any atom is 0.173 e. The van der Waals surface area contributed by atoms with E-state index >= 15 is 0 Å². The van der Waals surface area contributed by atoms with E-state index in [4.69, 9.17) is 4.74 Å². The summed E-state index contributed by atoms with van der Waals surface area (Å²) >= 11 is 0. The lowest BCUT2D eigenvalue weighted by atomic mass is 10.0. The van der Waals surface area contributed by atoms with Crippen LogP contribution in [0, 0.1) is 0 Å². The van der Waals surface area contributed by atoms with Crippen LogP contribution in [0.25, 0.3) is 0 Å². The second-order valence-electron chi connectivity index (χ2n) is 9.73. The van der Waals surface area contributed by atoms with Crippen molar-refractivity contribution < 1.29 is 4.74 Å². The highest BCUT2D eigenvalue weighted by molar-refractivity contribution is 5.50. The molecule has 0 N–H and O–H groups in total. The number of hydrogen-bond donors (Lipinski definition) is 0. The van der Waals surface area contributed by atoms with Crippen molar-refractivity contribution in [1.29, 1.82) is 0 Å². The first-order valence-corrected chi connectivity index (χ1v) is 11.5. The van der Waals surface area contributed by atoms with Crippen LogP contribution in [-0.2, 0) is 5.54 Å². The van der Waals surface area contributed by atoms with Crippen LogP contribution in [0.2, 0.25) is 0 Å². The van der Waals surface area contributed by atoms with Gasteiger partial charge in [-0.2, -0.15) is 0 Å². The quantitative estimate of drug-likeness (QED) is 0.571. The third-order valence-corrected chi connectivity index (χ3v) is 6.22. The molecule has 1 saturated heterocycles. The minimum absolute atomic E-state index is 0.00606. The van der Waals surface area contributed by atoms with Gasteiger partial charge in [0, 0.05) is 51.6 Å². The van der Waals surface area contributed by atoms with Crippen molar-refractivity contribution in [1.82, 2.24) is 25.1 Å². The number of rotatable bonds is 6. The molecule has 1 aliphatic heterocycles. The van der Waals surface area contributed by atoms with E-state index in [1.165, 1.54) is 16.9 Å². The fraction of sp³-hybridized carbons (Fsp3) is 0.480. The van der Waals surface area contributed by atoms with Crippen molar-refractivity contribution >= 4 is 11.4 Å². The fourth-order valence-corrected chi connectivity index (χ4v) is 4.35. The lowest BCUT2D eigenvalue weighted by molar-refractivity contribution is 0.191. The molecular formula is C25H35N7O. The molecule has 0 amide bonds. The highest BCUT2D eigenvalue weighted by atomic mass is 16.5. The van der Waals surface area contributed by atoms with Crippen LogP contribution >= 0.6 is 0 Å². The van der Waals surface area contributed by atoms with Crippen molar-refractivity contribution in [3.63, 3.8) is 0 Å². The van der Waals surface area contributed by atoms with Gasteiger partial charge in [0.2, 0.25) is 0 Å². The van der Waals surface area contributed by atoms with Gasteiger partial charge in [-0.05, 0) is 73.2 Å². The molecule has 176 valence electrons. The zero-order valence-electron chi connectivity index (χ0n) is 20.6. The van der Waals surface area contributed by atoms with Gasteiger partial charge in [0.15, 0.2) is 5.82 Å². The Kier molecular flexibility index (Phi) is 6.56. The molecule has 3 aromatic rings. The van der Waals surface area contributed by atoms with E-state index in [-0.39, 0.29) is 11.6 Å². The molecule has 0 bridgehead atoms. The molecule has 1 aromatic heterocycles. The highest BCUT2D eigenvalue weighted by Crippen LogP contribution is 2.32. The van der Waals surface area contributed by atoms with Gasteiger partial charge in [-0.15, -0.1) is 5.10 Å². The summed E-state index contributed by atoms with van der Waals surface area (Å²) in [5.74, 6) is 1.77. The minimum atomic E-state index is -0.203. The summed E-state index contributed by atoms with van der Waals surface area (Å²) in [6.45, 7) is 10.1. The number of aromatic nitrogens is 4. The van der Waals surface area contributed by atoms with E-state index in [1.54, 1.807) is 7.11 Å². The molecule has 0 aliphatic carbocycles. The molecule has 0 radical (unpaired) electrons. The summed E-state index contributed by atoms with van der Waals surface area (Å²) in [5, 5.41) is 12.9. The second-order valence-corrected chi connectivity index (χ2v) is 9.73. The third kappa shape index (κ3) is 4.95. The lowest BCUT2D eigenvalue weighted by Gasteiger charge is -2.40. The minimum Gasteiger partial charge on any atom is -0.497 e. The Balaban J connectivity index is 1.61. The topological polar surface area (TPSA) is 62.6 Å². The largest absolute Gasteiger partial charge is 0.497 e. The Labute approximate surface area is 196 Å². The zero-order chi connectivity index (χ0) is 23.6. The smallest absolute Gasteiger partial charge is 0.173 e. The molecule has 0 spiro atoms. The van der Waals surface area contributed by atoms with Gasteiger partial charge in [0.05, 0.1) is 18.7 Å². The zero-order valence-corrected chi connectivity index (χ0v) is 20.6. The summed E-state index contributed by atoms with van der Waals surface area (Å²) in [4.78, 5) is 7.04. The van der Waals surface area contributed by atoms with Crippen molar-refractivity contribution in [3.05, 3.63) is 59.9 Å². The van der Waals surface area contributed by atoms with Crippen molar-refractivity contribution in [3.8, 4) is 5.75 Å². The first-order valence-electron chi connectivity index (χ1n) is 11.5. The molecule has 8 nitrogen and oxygen atoms in total. The van der Waals surface area contributed by atoms with Crippen molar-refractivity contribution in [2.45, 2.75) is 32.4 Å². The number of piperazine rings is 1. The normalized spacial score (nSPS) is 16.0. The van der Waals surface area contributed by atoms with Gasteiger partial charge in [0.1, 0.15) is 5.75 Å². The number of tetrazole rings is 1. The Morgan fingerprint density at radius 3 is 2.09 bits per heavy atom. The van der Waals surface area contributed by atoms with Crippen molar-refractivity contribution in [2.75, 3.05) is 57.2 Å². The Hall–Kier alpha value is -3.13. The van der Waals surface area contributed by atoms with Gasteiger partial charge >= 0.3 is 0 Å². The van der Waals surface area contributed by atoms with E-state index in [2.05, 4.69) is 101 Å². The number of nitrogens with zero attached hydrogens (tertiary/aromatic N) is 7. The Morgan fingerprint density at radius 2 is 1.55 bits per heavy atom. The SMILES string of the molecule is COc1ccc(N2CCN([C@@H](c3ccc(N(C)C)cc3)c3nnnn3C(C)(C)C)CC2)cc1. The Morgan fingerprint density at radius 1 is 0.909 bits per heavy atom. The number of ether oxygens (including phenoxy) is 1. The monoisotopic (exact) mass is 449 g/mol. The summed E-state index contributed by atoms with van der Waals surface area (Å²) in [7, 11) is 5.82. The summed E-state index contributed by atoms with van der Waals surface area (Å²) in [6, 6.07) is 17.0. The van der Waals surface area contributed by atoms with Crippen LogP contribution < -0.4 is 14.5 Å². The number of hydrogen-bond acceptors (Lipinski definition) is 7. The van der Waals surface area contributed by atoms with E-state index in [0.717, 1.165) is 37.8 Å². The maximum atomic E-state index is 5.31. The summed E-state index contributed by atoms with van der Waals surface area (Å²) in [5.41, 5.74) is 3.41. The van der Waals surface area contributed by atoms with Gasteiger partial charge < -0.3 is 14.5 Å². The molecule has 2 heterocycles. The number of methoxy groups -OCH3 is 1. The average Bonchev–Trinajstić information content (AvgIpc) is 3.30.